The smallest absolute Gasteiger partial charge is 0.368 e. The van der Waals surface area contributed by atoms with Crippen LogP contribution in [0.1, 0.15) is 11.1 Å². The maximum atomic E-state index is 12.3. The molecule has 2 aromatic carbocycles. The highest BCUT2D eigenvalue weighted by Gasteiger charge is 2.14. The molecule has 2 heterocycles. The van der Waals surface area contributed by atoms with Gasteiger partial charge in [0.15, 0.2) is 0 Å². The molecule has 4 rings (SSSR count). The molecule has 0 bridgehead atoms. The van der Waals surface area contributed by atoms with E-state index in [0.29, 0.717) is 11.4 Å². The third kappa shape index (κ3) is 3.67. The van der Waals surface area contributed by atoms with E-state index in [1.165, 1.54) is 9.36 Å². The number of hydrogen-bond donors (Lipinski definition) is 0. The lowest BCUT2D eigenvalue weighted by Gasteiger charge is -2.14. The van der Waals surface area contributed by atoms with Gasteiger partial charge in [-0.1, -0.05) is 24.3 Å². The van der Waals surface area contributed by atoms with Gasteiger partial charge in [-0.05, 0) is 47.2 Å². The van der Waals surface area contributed by atoms with Crippen LogP contribution in [0, 0.1) is 6.92 Å². The average Bonchev–Trinajstić information content (AvgIpc) is 3.11. The molecule has 0 aliphatic rings. The van der Waals surface area contributed by atoms with Gasteiger partial charge in [0.1, 0.15) is 18.1 Å². The van der Waals surface area contributed by atoms with Gasteiger partial charge in [-0.25, -0.2) is 4.79 Å². The summed E-state index contributed by atoms with van der Waals surface area (Å²) in [6.45, 7) is 2.23. The third-order valence-electron chi connectivity index (χ3n) is 4.83. The molecular weight excluding hydrogens is 382 g/mol. The molecule has 0 saturated heterocycles. The fourth-order valence-corrected chi connectivity index (χ4v) is 3.20. The van der Waals surface area contributed by atoms with E-state index in [9.17, 15) is 4.79 Å². The summed E-state index contributed by atoms with van der Waals surface area (Å²) in [5.74, 6) is 1.40. The molecule has 0 amide bonds. The van der Waals surface area contributed by atoms with Gasteiger partial charge in [-0.3, -0.25) is 4.98 Å². The Morgan fingerprint density at radius 2 is 1.87 bits per heavy atom. The Bertz CT molecular complexity index is 1250. The van der Waals surface area contributed by atoms with Crippen molar-refractivity contribution in [3.63, 3.8) is 0 Å². The summed E-state index contributed by atoms with van der Waals surface area (Å²) >= 11 is 0. The molecule has 0 spiro atoms. The van der Waals surface area contributed by atoms with Crippen LogP contribution in [0.15, 0.2) is 65.6 Å². The predicted molar refractivity (Wildman–Crippen MR) is 112 cm³/mol. The lowest BCUT2D eigenvalue weighted by Crippen LogP contribution is -2.23. The highest BCUT2D eigenvalue weighted by atomic mass is 16.5. The molecule has 0 fully saturated rings. The molecule has 0 saturated carbocycles. The second kappa shape index (κ2) is 8.20. The molecule has 0 radical (unpaired) electrons. The van der Waals surface area contributed by atoms with Gasteiger partial charge >= 0.3 is 5.69 Å². The summed E-state index contributed by atoms with van der Waals surface area (Å²) in [6.07, 6.45) is 1.70. The minimum Gasteiger partial charge on any atom is -0.496 e. The quantitative estimate of drug-likeness (QED) is 0.492. The zero-order valence-electron chi connectivity index (χ0n) is 16.9. The van der Waals surface area contributed by atoms with Crippen molar-refractivity contribution in [1.82, 2.24) is 24.8 Å². The van der Waals surface area contributed by atoms with E-state index in [-0.39, 0.29) is 12.3 Å². The summed E-state index contributed by atoms with van der Waals surface area (Å²) in [6, 6.07) is 17.0. The normalized spacial score (nSPS) is 10.8. The van der Waals surface area contributed by atoms with Crippen LogP contribution in [0.3, 0.4) is 0 Å². The molecule has 0 aliphatic carbocycles. The first-order chi connectivity index (χ1) is 14.6. The predicted octanol–water partition coefficient (Wildman–Crippen LogP) is 2.92. The van der Waals surface area contributed by atoms with Crippen LogP contribution >= 0.6 is 0 Å². The van der Waals surface area contributed by atoms with Crippen LogP contribution in [0.25, 0.3) is 16.9 Å². The van der Waals surface area contributed by atoms with Gasteiger partial charge < -0.3 is 9.47 Å². The van der Waals surface area contributed by atoms with E-state index in [2.05, 4.69) is 15.4 Å². The Balaban J connectivity index is 1.64. The Labute approximate surface area is 173 Å². The molecule has 152 valence electrons. The number of hydrogen-bond acceptors (Lipinski definition) is 6. The minimum absolute atomic E-state index is 0.264. The largest absolute Gasteiger partial charge is 0.496 e. The molecular formula is C22H21N5O3. The van der Waals surface area contributed by atoms with Crippen molar-refractivity contribution in [3.8, 4) is 28.4 Å². The SMILES string of the molecule is COc1ccccc1-c1cc(OCc2c(C)cccc2-n2nnn(C)c2=O)ccn1. The number of ether oxygens (including phenoxy) is 2. The fraction of sp³-hybridized carbons (Fsp3) is 0.182. The van der Waals surface area contributed by atoms with Crippen molar-refractivity contribution in [1.29, 1.82) is 0 Å². The summed E-state index contributed by atoms with van der Waals surface area (Å²) < 4.78 is 14.0. The third-order valence-corrected chi connectivity index (χ3v) is 4.83. The second-order valence-corrected chi connectivity index (χ2v) is 6.74. The summed E-state index contributed by atoms with van der Waals surface area (Å²) in [5.41, 5.74) is 3.81. The summed E-state index contributed by atoms with van der Waals surface area (Å²) in [7, 11) is 3.20. The van der Waals surface area contributed by atoms with E-state index >= 15 is 0 Å². The molecule has 30 heavy (non-hydrogen) atoms. The monoisotopic (exact) mass is 403 g/mol. The van der Waals surface area contributed by atoms with E-state index in [1.807, 2.05) is 55.5 Å². The highest BCUT2D eigenvalue weighted by Crippen LogP contribution is 2.30. The molecule has 4 aromatic rings. The first-order valence-corrected chi connectivity index (χ1v) is 9.38. The van der Waals surface area contributed by atoms with Crippen LogP contribution in [-0.2, 0) is 13.7 Å². The number of nitrogens with zero attached hydrogens (tertiary/aromatic N) is 5. The summed E-state index contributed by atoms with van der Waals surface area (Å²) in [5, 5.41) is 7.75. The topological polar surface area (TPSA) is 84.1 Å². The van der Waals surface area contributed by atoms with Crippen LogP contribution < -0.4 is 15.2 Å². The number of aromatic nitrogens is 5. The van der Waals surface area contributed by atoms with Crippen molar-refractivity contribution in [3.05, 3.63) is 82.4 Å². The number of para-hydroxylation sites is 1. The van der Waals surface area contributed by atoms with Gasteiger partial charge in [-0.2, -0.15) is 9.36 Å². The highest BCUT2D eigenvalue weighted by molar-refractivity contribution is 5.68. The molecule has 0 aliphatic heterocycles. The molecule has 0 atom stereocenters. The number of methoxy groups -OCH3 is 1. The van der Waals surface area contributed by atoms with Gasteiger partial charge in [0.2, 0.25) is 0 Å². The average molecular weight is 403 g/mol. The number of rotatable bonds is 6. The lowest BCUT2D eigenvalue weighted by atomic mass is 10.1. The van der Waals surface area contributed by atoms with Crippen molar-refractivity contribution < 1.29 is 9.47 Å². The number of pyridine rings is 1. The van der Waals surface area contributed by atoms with E-state index in [0.717, 1.165) is 28.1 Å². The Hall–Kier alpha value is -3.94. The zero-order valence-corrected chi connectivity index (χ0v) is 16.9. The van der Waals surface area contributed by atoms with Crippen LogP contribution in [0.4, 0.5) is 0 Å². The van der Waals surface area contributed by atoms with E-state index < -0.39 is 0 Å². The standard InChI is InChI=1S/C22H21N5O3/c1-15-7-6-9-20(27-22(28)26(2)24-25-27)18(15)14-30-16-11-12-23-19(13-16)17-8-4-5-10-21(17)29-3/h4-13H,14H2,1-3H3. The van der Waals surface area contributed by atoms with Crippen LogP contribution in [-0.4, -0.2) is 31.9 Å². The number of tetrazole rings is 1. The zero-order chi connectivity index (χ0) is 21.1. The molecule has 2 aromatic heterocycles. The fourth-order valence-electron chi connectivity index (χ4n) is 3.20. The van der Waals surface area contributed by atoms with Crippen molar-refractivity contribution >= 4 is 0 Å². The Kier molecular flexibility index (Phi) is 5.30. The number of benzene rings is 2. The maximum Gasteiger partial charge on any atom is 0.368 e. The van der Waals surface area contributed by atoms with Crippen molar-refractivity contribution in [2.75, 3.05) is 7.11 Å². The molecule has 8 nitrogen and oxygen atoms in total. The van der Waals surface area contributed by atoms with Gasteiger partial charge in [0.05, 0.1) is 18.5 Å². The van der Waals surface area contributed by atoms with Gasteiger partial charge in [0.25, 0.3) is 0 Å². The first kappa shape index (κ1) is 19.4. The van der Waals surface area contributed by atoms with Crippen molar-refractivity contribution in [2.24, 2.45) is 7.05 Å². The Morgan fingerprint density at radius 1 is 1.03 bits per heavy atom. The second-order valence-electron chi connectivity index (χ2n) is 6.74. The van der Waals surface area contributed by atoms with Crippen LogP contribution in [0.2, 0.25) is 0 Å². The van der Waals surface area contributed by atoms with Gasteiger partial charge in [-0.15, -0.1) is 0 Å². The van der Waals surface area contributed by atoms with E-state index in [4.69, 9.17) is 9.47 Å². The van der Waals surface area contributed by atoms with Crippen LogP contribution in [0.5, 0.6) is 11.5 Å². The van der Waals surface area contributed by atoms with Gasteiger partial charge in [0, 0.05) is 30.4 Å². The maximum absolute atomic E-state index is 12.3. The number of aryl methyl sites for hydroxylation is 2. The lowest BCUT2D eigenvalue weighted by molar-refractivity contribution is 0.304. The summed E-state index contributed by atoms with van der Waals surface area (Å²) in [4.78, 5) is 16.8. The van der Waals surface area contributed by atoms with E-state index in [1.54, 1.807) is 26.4 Å². The molecule has 8 heteroatoms. The van der Waals surface area contributed by atoms with Crippen molar-refractivity contribution in [2.45, 2.75) is 13.5 Å². The molecule has 0 N–H and O–H groups in total. The Morgan fingerprint density at radius 3 is 2.63 bits per heavy atom. The molecule has 0 unspecified atom stereocenters. The minimum atomic E-state index is -0.316. The first-order valence-electron chi connectivity index (χ1n) is 9.38.